The van der Waals surface area contributed by atoms with Crippen LogP contribution in [0.1, 0.15) is 0 Å². The predicted molar refractivity (Wildman–Crippen MR) is 212 cm³/mol. The van der Waals surface area contributed by atoms with Gasteiger partial charge in [0, 0.05) is 34.1 Å². The third-order valence-corrected chi connectivity index (χ3v) is 8.97. The van der Waals surface area contributed by atoms with Crippen molar-refractivity contribution in [2.75, 3.05) is 9.80 Å². The maximum absolute atomic E-state index is 2.33. The van der Waals surface area contributed by atoms with E-state index in [0.29, 0.717) is 0 Å². The summed E-state index contributed by atoms with van der Waals surface area (Å²) in [6.45, 7) is 0. The van der Waals surface area contributed by atoms with Gasteiger partial charge in [0.1, 0.15) is 0 Å². The number of nitrogens with zero attached hydrogens (tertiary/aromatic N) is 2. The number of rotatable bonds is 9. The molecule has 0 atom stereocenters. The molecule has 2 heteroatoms. The molecule has 0 aromatic heterocycles. The Morgan fingerprint density at radius 1 is 0.180 bits per heavy atom. The summed E-state index contributed by atoms with van der Waals surface area (Å²) in [5.41, 5.74) is 13.7. The molecule has 0 amide bonds. The fraction of sp³-hybridized carbons (Fsp3) is 0. The Balaban J connectivity index is 1.26. The highest BCUT2D eigenvalue weighted by Crippen LogP contribution is 2.40. The number of hydrogen-bond donors (Lipinski definition) is 0. The fourth-order valence-electron chi connectivity index (χ4n) is 6.61. The van der Waals surface area contributed by atoms with Gasteiger partial charge >= 0.3 is 0 Å². The molecule has 0 heterocycles. The molecule has 50 heavy (non-hydrogen) atoms. The summed E-state index contributed by atoms with van der Waals surface area (Å²) in [5, 5.41) is 0. The second kappa shape index (κ2) is 14.2. The van der Waals surface area contributed by atoms with Gasteiger partial charge in [0.25, 0.3) is 0 Å². The van der Waals surface area contributed by atoms with Crippen LogP contribution in [0.25, 0.3) is 33.4 Å². The average Bonchev–Trinajstić information content (AvgIpc) is 3.20. The minimum absolute atomic E-state index is 1.11. The summed E-state index contributed by atoms with van der Waals surface area (Å²) in [6.07, 6.45) is 0. The molecule has 0 aliphatic carbocycles. The Morgan fingerprint density at radius 2 is 0.440 bits per heavy atom. The topological polar surface area (TPSA) is 6.48 Å². The molecular formula is C48H36N2. The highest BCUT2D eigenvalue weighted by Gasteiger charge is 2.16. The van der Waals surface area contributed by atoms with Gasteiger partial charge in [0.2, 0.25) is 0 Å². The van der Waals surface area contributed by atoms with Crippen molar-refractivity contribution in [3.63, 3.8) is 0 Å². The first kappa shape index (κ1) is 30.7. The fourth-order valence-corrected chi connectivity index (χ4v) is 6.61. The van der Waals surface area contributed by atoms with E-state index in [9.17, 15) is 0 Å². The standard InChI is InChI=1S/C48H36N2/c1-6-18-37(19-7-1)40-32-41(38-20-16-30-47(35-38)49(43-22-8-2-9-23-43)44-24-10-3-11-25-44)34-42(33-40)39-21-17-31-48(36-39)50(45-26-12-4-13-27-45)46-28-14-5-15-29-46/h1-36H. The monoisotopic (exact) mass is 640 g/mol. The van der Waals surface area contributed by atoms with Crippen LogP contribution < -0.4 is 9.80 Å². The van der Waals surface area contributed by atoms with Crippen LogP contribution in [-0.2, 0) is 0 Å². The van der Waals surface area contributed by atoms with Crippen molar-refractivity contribution in [3.05, 3.63) is 218 Å². The third kappa shape index (κ3) is 6.56. The molecule has 0 aliphatic rings. The van der Waals surface area contributed by atoms with E-state index in [4.69, 9.17) is 0 Å². The lowest BCUT2D eigenvalue weighted by Crippen LogP contribution is -2.09. The average molecular weight is 641 g/mol. The van der Waals surface area contributed by atoms with Crippen LogP contribution in [0.5, 0.6) is 0 Å². The van der Waals surface area contributed by atoms with Crippen LogP contribution >= 0.6 is 0 Å². The zero-order chi connectivity index (χ0) is 33.5. The van der Waals surface area contributed by atoms with E-state index in [-0.39, 0.29) is 0 Å². The van der Waals surface area contributed by atoms with Crippen LogP contribution in [-0.4, -0.2) is 0 Å². The highest BCUT2D eigenvalue weighted by molar-refractivity contribution is 5.86. The van der Waals surface area contributed by atoms with Gasteiger partial charge in [0.05, 0.1) is 0 Å². The van der Waals surface area contributed by atoms with Crippen molar-refractivity contribution < 1.29 is 0 Å². The Morgan fingerprint density at radius 3 is 0.780 bits per heavy atom. The number of para-hydroxylation sites is 4. The Hall–Kier alpha value is -6.64. The van der Waals surface area contributed by atoms with Crippen molar-refractivity contribution in [1.82, 2.24) is 0 Å². The van der Waals surface area contributed by atoms with E-state index in [1.165, 1.54) is 11.1 Å². The van der Waals surface area contributed by atoms with Crippen molar-refractivity contribution in [3.8, 4) is 33.4 Å². The molecule has 0 N–H and O–H groups in total. The molecule has 0 unspecified atom stereocenters. The van der Waals surface area contributed by atoms with Gasteiger partial charge in [-0.2, -0.15) is 0 Å². The number of hydrogen-bond acceptors (Lipinski definition) is 2. The van der Waals surface area contributed by atoms with Crippen LogP contribution in [0.2, 0.25) is 0 Å². The van der Waals surface area contributed by atoms with Gasteiger partial charge in [-0.3, -0.25) is 0 Å². The molecule has 0 saturated heterocycles. The third-order valence-electron chi connectivity index (χ3n) is 8.97. The van der Waals surface area contributed by atoms with Crippen molar-refractivity contribution in [2.45, 2.75) is 0 Å². The maximum atomic E-state index is 2.33. The van der Waals surface area contributed by atoms with Gasteiger partial charge in [-0.05, 0) is 124 Å². The van der Waals surface area contributed by atoms with Gasteiger partial charge in [0.15, 0.2) is 0 Å². The predicted octanol–water partition coefficient (Wildman–Crippen LogP) is 13.6. The molecule has 0 fully saturated rings. The smallest absolute Gasteiger partial charge is 0.0467 e. The number of benzene rings is 8. The van der Waals surface area contributed by atoms with E-state index >= 15 is 0 Å². The quantitative estimate of drug-likeness (QED) is 0.155. The first-order valence-corrected chi connectivity index (χ1v) is 17.0. The van der Waals surface area contributed by atoms with Crippen LogP contribution in [0.15, 0.2) is 218 Å². The first-order valence-electron chi connectivity index (χ1n) is 17.0. The molecular weight excluding hydrogens is 605 g/mol. The molecule has 8 aromatic rings. The van der Waals surface area contributed by atoms with E-state index in [1.54, 1.807) is 0 Å². The summed E-state index contributed by atoms with van der Waals surface area (Å²) in [4.78, 5) is 4.63. The SMILES string of the molecule is c1ccc(-c2cc(-c3cccc(N(c4ccccc4)c4ccccc4)c3)cc(-c3cccc(N(c4ccccc4)c4ccccc4)c3)c2)cc1. The minimum Gasteiger partial charge on any atom is -0.310 e. The summed E-state index contributed by atoms with van der Waals surface area (Å²) in [7, 11) is 0. The molecule has 0 radical (unpaired) electrons. The molecule has 0 bridgehead atoms. The lowest BCUT2D eigenvalue weighted by atomic mass is 9.93. The molecule has 2 nitrogen and oxygen atoms in total. The van der Waals surface area contributed by atoms with Crippen LogP contribution in [0.4, 0.5) is 34.1 Å². The number of anilines is 6. The molecule has 0 spiro atoms. The zero-order valence-electron chi connectivity index (χ0n) is 27.7. The normalized spacial score (nSPS) is 10.8. The van der Waals surface area contributed by atoms with E-state index in [1.807, 2.05) is 0 Å². The van der Waals surface area contributed by atoms with Crippen molar-refractivity contribution in [2.24, 2.45) is 0 Å². The highest BCUT2D eigenvalue weighted by atomic mass is 15.1. The summed E-state index contributed by atoms with van der Waals surface area (Å²) < 4.78 is 0. The largest absolute Gasteiger partial charge is 0.310 e. The van der Waals surface area contributed by atoms with E-state index in [2.05, 4.69) is 228 Å². The Bertz CT molecular complexity index is 2080. The molecule has 0 saturated carbocycles. The Kier molecular flexibility index (Phi) is 8.73. The lowest BCUT2D eigenvalue weighted by molar-refractivity contribution is 1.28. The zero-order valence-corrected chi connectivity index (χ0v) is 27.7. The molecule has 0 aliphatic heterocycles. The van der Waals surface area contributed by atoms with E-state index in [0.717, 1.165) is 56.4 Å². The van der Waals surface area contributed by atoms with E-state index < -0.39 is 0 Å². The molecule has 238 valence electrons. The van der Waals surface area contributed by atoms with Gasteiger partial charge in [-0.1, -0.05) is 127 Å². The molecule has 8 aromatic carbocycles. The summed E-state index contributed by atoms with van der Waals surface area (Å²) >= 11 is 0. The van der Waals surface area contributed by atoms with Crippen molar-refractivity contribution >= 4 is 34.1 Å². The van der Waals surface area contributed by atoms with Crippen LogP contribution in [0, 0.1) is 0 Å². The van der Waals surface area contributed by atoms with Crippen molar-refractivity contribution in [1.29, 1.82) is 0 Å². The molecule has 8 rings (SSSR count). The van der Waals surface area contributed by atoms with Gasteiger partial charge < -0.3 is 9.80 Å². The maximum Gasteiger partial charge on any atom is 0.0467 e. The van der Waals surface area contributed by atoms with Gasteiger partial charge in [-0.25, -0.2) is 0 Å². The van der Waals surface area contributed by atoms with Crippen LogP contribution in [0.3, 0.4) is 0 Å². The summed E-state index contributed by atoms with van der Waals surface area (Å²) in [6, 6.07) is 77.7. The Labute approximate surface area is 294 Å². The minimum atomic E-state index is 1.11. The van der Waals surface area contributed by atoms with Gasteiger partial charge in [-0.15, -0.1) is 0 Å². The first-order chi connectivity index (χ1) is 24.8. The second-order valence-electron chi connectivity index (χ2n) is 12.3. The lowest BCUT2D eigenvalue weighted by Gasteiger charge is -2.26. The second-order valence-corrected chi connectivity index (χ2v) is 12.3. The summed E-state index contributed by atoms with van der Waals surface area (Å²) in [5.74, 6) is 0.